The van der Waals surface area contributed by atoms with Crippen LogP contribution in [0.15, 0.2) is 29.3 Å². The molecule has 1 aliphatic heterocycles. The minimum absolute atomic E-state index is 0.0514. The zero-order chi connectivity index (χ0) is 15.5. The number of hydrogen-bond acceptors (Lipinski definition) is 2. The summed E-state index contributed by atoms with van der Waals surface area (Å²) in [5.74, 6) is 1.44. The summed E-state index contributed by atoms with van der Waals surface area (Å²) in [6.45, 7) is 4.31. The Kier molecular flexibility index (Phi) is 5.19. The Morgan fingerprint density at radius 1 is 1.33 bits per heavy atom. The first-order chi connectivity index (χ1) is 9.88. The van der Waals surface area contributed by atoms with Gasteiger partial charge in [0.2, 0.25) is 0 Å². The minimum atomic E-state index is -4.33. The van der Waals surface area contributed by atoms with Crippen LogP contribution in [0.3, 0.4) is 0 Å². The molecule has 1 unspecified atom stereocenters. The zero-order valence-corrected chi connectivity index (χ0v) is 12.9. The third-order valence-electron chi connectivity index (χ3n) is 3.50. The van der Waals surface area contributed by atoms with E-state index in [2.05, 4.69) is 24.2 Å². The fourth-order valence-electron chi connectivity index (χ4n) is 2.24. The van der Waals surface area contributed by atoms with Crippen molar-refractivity contribution in [1.29, 1.82) is 0 Å². The summed E-state index contributed by atoms with van der Waals surface area (Å²) < 4.78 is 38.7. The fraction of sp³-hybridized carbons (Fsp3) is 0.533. The van der Waals surface area contributed by atoms with Gasteiger partial charge in [-0.3, -0.25) is 4.99 Å². The lowest BCUT2D eigenvalue weighted by molar-refractivity contribution is -0.138. The third kappa shape index (κ3) is 4.40. The monoisotopic (exact) mass is 316 g/mol. The molecule has 0 spiro atoms. The van der Waals surface area contributed by atoms with Gasteiger partial charge in [-0.15, -0.1) is 0 Å². The van der Waals surface area contributed by atoms with Crippen LogP contribution in [0.2, 0.25) is 0 Å². The smallest absolute Gasteiger partial charge is 0.362 e. The summed E-state index contributed by atoms with van der Waals surface area (Å²) in [6.07, 6.45) is -3.27. The topological polar surface area (TPSA) is 24.4 Å². The van der Waals surface area contributed by atoms with E-state index in [1.807, 2.05) is 0 Å². The Bertz CT molecular complexity index is 512. The SMILES string of the molecule is CC(C)C1CCSC(=NCc2ccccc2C(F)(F)F)N1. The van der Waals surface area contributed by atoms with Crippen molar-refractivity contribution in [3.05, 3.63) is 35.4 Å². The third-order valence-corrected chi connectivity index (χ3v) is 4.46. The maximum absolute atomic E-state index is 12.9. The highest BCUT2D eigenvalue weighted by Gasteiger charge is 2.32. The summed E-state index contributed by atoms with van der Waals surface area (Å²) in [4.78, 5) is 4.33. The number of hydrogen-bond donors (Lipinski definition) is 1. The van der Waals surface area contributed by atoms with Gasteiger partial charge in [-0.25, -0.2) is 0 Å². The number of benzene rings is 1. The van der Waals surface area contributed by atoms with E-state index in [1.54, 1.807) is 17.8 Å². The maximum Gasteiger partial charge on any atom is 0.416 e. The second-order valence-corrected chi connectivity index (χ2v) is 6.49. The molecule has 1 aromatic rings. The Morgan fingerprint density at radius 2 is 2.05 bits per heavy atom. The molecule has 1 N–H and O–H groups in total. The molecule has 21 heavy (non-hydrogen) atoms. The lowest BCUT2D eigenvalue weighted by atomic mass is 10.0. The second-order valence-electron chi connectivity index (χ2n) is 5.41. The molecule has 1 aromatic carbocycles. The van der Waals surface area contributed by atoms with E-state index in [9.17, 15) is 13.2 Å². The van der Waals surface area contributed by atoms with Crippen LogP contribution < -0.4 is 5.32 Å². The van der Waals surface area contributed by atoms with E-state index in [0.717, 1.165) is 23.4 Å². The second kappa shape index (κ2) is 6.73. The van der Waals surface area contributed by atoms with Crippen LogP contribution in [-0.2, 0) is 12.7 Å². The van der Waals surface area contributed by atoms with Crippen LogP contribution in [0.1, 0.15) is 31.4 Å². The fourth-order valence-corrected chi connectivity index (χ4v) is 3.19. The largest absolute Gasteiger partial charge is 0.416 e. The first kappa shape index (κ1) is 16.2. The molecule has 2 nitrogen and oxygen atoms in total. The molecule has 0 amide bonds. The van der Waals surface area contributed by atoms with Crippen LogP contribution in [-0.4, -0.2) is 17.0 Å². The molecule has 0 aromatic heterocycles. The number of halogens is 3. The zero-order valence-electron chi connectivity index (χ0n) is 12.1. The number of rotatable bonds is 3. The van der Waals surface area contributed by atoms with Gasteiger partial charge in [0, 0.05) is 11.8 Å². The van der Waals surface area contributed by atoms with Crippen LogP contribution in [0.4, 0.5) is 13.2 Å². The summed E-state index contributed by atoms with van der Waals surface area (Å²) in [5, 5.41) is 4.06. The molecule has 0 aliphatic carbocycles. The molecule has 1 saturated heterocycles. The summed E-state index contributed by atoms with van der Waals surface area (Å²) in [6, 6.07) is 5.96. The van der Waals surface area contributed by atoms with E-state index < -0.39 is 11.7 Å². The van der Waals surface area contributed by atoms with E-state index in [0.29, 0.717) is 12.0 Å². The van der Waals surface area contributed by atoms with Gasteiger partial charge in [0.15, 0.2) is 5.17 Å². The summed E-state index contributed by atoms with van der Waals surface area (Å²) in [7, 11) is 0. The molecule has 0 saturated carbocycles. The quantitative estimate of drug-likeness (QED) is 0.898. The molecule has 1 atom stereocenters. The van der Waals surface area contributed by atoms with Gasteiger partial charge < -0.3 is 5.32 Å². The van der Waals surface area contributed by atoms with Crippen molar-refractivity contribution in [2.45, 2.75) is 39.0 Å². The van der Waals surface area contributed by atoms with Crippen molar-refractivity contribution in [3.8, 4) is 0 Å². The molecule has 2 rings (SSSR count). The van der Waals surface area contributed by atoms with E-state index >= 15 is 0 Å². The highest BCUT2D eigenvalue weighted by Crippen LogP contribution is 2.32. The van der Waals surface area contributed by atoms with Gasteiger partial charge >= 0.3 is 6.18 Å². The van der Waals surface area contributed by atoms with Crippen molar-refractivity contribution < 1.29 is 13.2 Å². The van der Waals surface area contributed by atoms with Gasteiger partial charge in [0.1, 0.15) is 0 Å². The Balaban J connectivity index is 2.11. The number of amidine groups is 1. The standard InChI is InChI=1S/C15H19F3N2S/c1-10(2)13-7-8-21-14(20-13)19-9-11-5-3-4-6-12(11)15(16,17)18/h3-6,10,13H,7-9H2,1-2H3,(H,19,20). The van der Waals surface area contributed by atoms with E-state index in [1.165, 1.54) is 12.1 Å². The van der Waals surface area contributed by atoms with Crippen molar-refractivity contribution in [2.24, 2.45) is 10.9 Å². The van der Waals surface area contributed by atoms with Crippen LogP contribution >= 0.6 is 11.8 Å². The molecule has 1 fully saturated rings. The molecule has 6 heteroatoms. The predicted octanol–water partition coefficient (Wildman–Crippen LogP) is 4.31. The van der Waals surface area contributed by atoms with Crippen LogP contribution in [0.5, 0.6) is 0 Å². The Hall–Kier alpha value is -1.17. The molecule has 1 aliphatic rings. The van der Waals surface area contributed by atoms with Crippen molar-refractivity contribution >= 4 is 16.9 Å². The summed E-state index contributed by atoms with van der Waals surface area (Å²) >= 11 is 1.57. The molecular weight excluding hydrogens is 297 g/mol. The van der Waals surface area contributed by atoms with Gasteiger partial charge in [0.05, 0.1) is 12.1 Å². The molecule has 1 heterocycles. The van der Waals surface area contributed by atoms with Gasteiger partial charge in [-0.1, -0.05) is 43.8 Å². The average Bonchev–Trinajstić information content (AvgIpc) is 2.45. The average molecular weight is 316 g/mol. The van der Waals surface area contributed by atoms with Gasteiger partial charge in [-0.2, -0.15) is 13.2 Å². The first-order valence-electron chi connectivity index (χ1n) is 6.97. The number of nitrogens with zero attached hydrogens (tertiary/aromatic N) is 1. The van der Waals surface area contributed by atoms with Crippen LogP contribution in [0.25, 0.3) is 0 Å². The Morgan fingerprint density at radius 3 is 2.71 bits per heavy atom. The normalized spacial score (nSPS) is 21.6. The lowest BCUT2D eigenvalue weighted by Crippen LogP contribution is -2.41. The maximum atomic E-state index is 12.9. The Labute approximate surface area is 127 Å². The van der Waals surface area contributed by atoms with E-state index in [-0.39, 0.29) is 12.1 Å². The number of alkyl halides is 3. The highest BCUT2D eigenvalue weighted by atomic mass is 32.2. The predicted molar refractivity (Wildman–Crippen MR) is 81.4 cm³/mol. The molecular formula is C15H19F3N2S. The molecule has 0 radical (unpaired) electrons. The van der Waals surface area contributed by atoms with E-state index in [4.69, 9.17) is 0 Å². The number of nitrogens with one attached hydrogen (secondary N) is 1. The number of thioether (sulfide) groups is 1. The van der Waals surface area contributed by atoms with Gasteiger partial charge in [0.25, 0.3) is 0 Å². The lowest BCUT2D eigenvalue weighted by Gasteiger charge is -2.28. The number of aliphatic imine (C=N–C) groups is 1. The molecule has 116 valence electrons. The van der Waals surface area contributed by atoms with Crippen molar-refractivity contribution in [1.82, 2.24) is 5.32 Å². The highest BCUT2D eigenvalue weighted by molar-refractivity contribution is 8.13. The summed E-state index contributed by atoms with van der Waals surface area (Å²) in [5.41, 5.74) is -0.387. The minimum Gasteiger partial charge on any atom is -0.362 e. The first-order valence-corrected chi connectivity index (χ1v) is 7.95. The van der Waals surface area contributed by atoms with Crippen molar-refractivity contribution in [3.63, 3.8) is 0 Å². The van der Waals surface area contributed by atoms with Crippen LogP contribution in [0, 0.1) is 5.92 Å². The van der Waals surface area contributed by atoms with Gasteiger partial charge in [-0.05, 0) is 24.0 Å². The molecule has 0 bridgehead atoms. The van der Waals surface area contributed by atoms with Crippen molar-refractivity contribution in [2.75, 3.05) is 5.75 Å².